The van der Waals surface area contributed by atoms with E-state index in [1.807, 2.05) is 31.3 Å². The number of nitrogens with one attached hydrogen (secondary N) is 2. The van der Waals surface area contributed by atoms with E-state index in [2.05, 4.69) is 23.7 Å². The van der Waals surface area contributed by atoms with Crippen LogP contribution in [0.1, 0.15) is 15.9 Å². The second-order valence-electron chi connectivity index (χ2n) is 4.65. The number of carbonyl (C=O) groups is 1. The summed E-state index contributed by atoms with van der Waals surface area (Å²) in [6, 6.07) is 7.86. The zero-order chi connectivity index (χ0) is 12.7. The Bertz CT molecular complexity index is 349. The van der Waals surface area contributed by atoms with Gasteiger partial charge in [-0.2, -0.15) is 0 Å². The molecule has 0 spiro atoms. The van der Waals surface area contributed by atoms with Gasteiger partial charge in [0.05, 0.1) is 8.80 Å². The van der Waals surface area contributed by atoms with Gasteiger partial charge in [-0.15, -0.1) is 0 Å². The molecule has 1 aromatic rings. The van der Waals surface area contributed by atoms with Gasteiger partial charge >= 0.3 is 0 Å². The highest BCUT2D eigenvalue weighted by molar-refractivity contribution is 6.56. The van der Waals surface area contributed by atoms with Crippen molar-refractivity contribution in [2.45, 2.75) is 19.5 Å². The number of amides is 1. The molecule has 0 saturated heterocycles. The molecule has 0 aromatic heterocycles. The lowest BCUT2D eigenvalue weighted by molar-refractivity contribution is 0.0960. The Morgan fingerprint density at radius 3 is 2.41 bits per heavy atom. The van der Waals surface area contributed by atoms with Crippen LogP contribution in [0.2, 0.25) is 13.1 Å². The first-order valence-electron chi connectivity index (χ1n) is 6.15. The van der Waals surface area contributed by atoms with E-state index in [0.717, 1.165) is 24.7 Å². The summed E-state index contributed by atoms with van der Waals surface area (Å²) >= 11 is 0. The van der Waals surface area contributed by atoms with Crippen LogP contribution in [0.15, 0.2) is 24.3 Å². The van der Waals surface area contributed by atoms with Crippen molar-refractivity contribution in [1.29, 1.82) is 0 Å². The molecular formula is C13H22N2OSi. The molecule has 3 nitrogen and oxygen atoms in total. The fourth-order valence-electron chi connectivity index (χ4n) is 1.49. The lowest BCUT2D eigenvalue weighted by Crippen LogP contribution is -2.31. The molecule has 0 aliphatic heterocycles. The van der Waals surface area contributed by atoms with Gasteiger partial charge < -0.3 is 10.6 Å². The molecule has 0 saturated carbocycles. The maximum atomic E-state index is 11.8. The van der Waals surface area contributed by atoms with Gasteiger partial charge in [-0.05, 0) is 37.7 Å². The fraction of sp³-hybridized carbons (Fsp3) is 0.462. The predicted molar refractivity (Wildman–Crippen MR) is 75.3 cm³/mol. The Hall–Kier alpha value is -1.13. The van der Waals surface area contributed by atoms with Crippen molar-refractivity contribution in [2.75, 3.05) is 19.8 Å². The van der Waals surface area contributed by atoms with Crippen molar-refractivity contribution in [3.63, 3.8) is 0 Å². The van der Waals surface area contributed by atoms with Crippen molar-refractivity contribution in [3.05, 3.63) is 35.4 Å². The molecule has 0 radical (unpaired) electrons. The second kappa shape index (κ2) is 7.24. The van der Waals surface area contributed by atoms with E-state index in [1.165, 1.54) is 5.56 Å². The van der Waals surface area contributed by atoms with E-state index in [-0.39, 0.29) is 5.91 Å². The van der Waals surface area contributed by atoms with Gasteiger partial charge in [0.15, 0.2) is 0 Å². The topological polar surface area (TPSA) is 41.1 Å². The van der Waals surface area contributed by atoms with Crippen molar-refractivity contribution < 1.29 is 4.79 Å². The number of likely N-dealkylation sites (N-methyl/N-ethyl adjacent to an activating group) is 1. The zero-order valence-corrected chi connectivity index (χ0v) is 12.1. The number of benzene rings is 1. The third-order valence-electron chi connectivity index (χ3n) is 2.55. The molecule has 0 unspecified atom stereocenters. The van der Waals surface area contributed by atoms with Crippen LogP contribution < -0.4 is 10.6 Å². The molecule has 0 bridgehead atoms. The first-order chi connectivity index (χ1) is 8.13. The quantitative estimate of drug-likeness (QED) is 0.745. The molecule has 2 N–H and O–H groups in total. The Kier molecular flexibility index (Phi) is 5.93. The van der Waals surface area contributed by atoms with Crippen molar-refractivity contribution >= 4 is 14.7 Å². The summed E-state index contributed by atoms with van der Waals surface area (Å²) in [5.74, 6) is 0.0476. The molecule has 0 aliphatic rings. The average Bonchev–Trinajstić information content (AvgIpc) is 2.34. The largest absolute Gasteiger partial charge is 0.355 e. The maximum Gasteiger partial charge on any atom is 0.250 e. The molecule has 0 aliphatic carbocycles. The summed E-state index contributed by atoms with van der Waals surface area (Å²) in [6.07, 6.45) is 1.86. The third-order valence-corrected chi connectivity index (χ3v) is 3.57. The summed E-state index contributed by atoms with van der Waals surface area (Å²) in [4.78, 5) is 11.8. The first-order valence-corrected chi connectivity index (χ1v) is 9.27. The first kappa shape index (κ1) is 13.9. The highest BCUT2D eigenvalue weighted by Gasteiger charge is 2.05. The zero-order valence-electron chi connectivity index (χ0n) is 10.9. The van der Waals surface area contributed by atoms with Gasteiger partial charge in [0.25, 0.3) is 5.91 Å². The highest BCUT2D eigenvalue weighted by Crippen LogP contribution is 2.04. The van der Waals surface area contributed by atoms with Gasteiger partial charge in [0.1, 0.15) is 0 Å². The van der Waals surface area contributed by atoms with E-state index in [4.69, 9.17) is 0 Å². The summed E-state index contributed by atoms with van der Waals surface area (Å²) in [6.45, 7) is 5.41. The number of rotatable bonds is 6. The molecular weight excluding hydrogens is 228 g/mol. The SMILES string of the molecule is CNCCc1ccc(C(=O)NC[SiH](C)C)cc1. The minimum Gasteiger partial charge on any atom is -0.355 e. The number of hydrogen-bond donors (Lipinski definition) is 2. The monoisotopic (exact) mass is 250 g/mol. The van der Waals surface area contributed by atoms with Crippen LogP contribution in [0, 0.1) is 0 Å². The van der Waals surface area contributed by atoms with Crippen LogP contribution in [0.4, 0.5) is 0 Å². The smallest absolute Gasteiger partial charge is 0.250 e. The molecule has 0 heterocycles. The molecule has 4 heteroatoms. The minimum atomic E-state index is -0.716. The number of hydrogen-bond acceptors (Lipinski definition) is 2. The van der Waals surface area contributed by atoms with E-state index in [9.17, 15) is 4.79 Å². The minimum absolute atomic E-state index is 0.0476. The second-order valence-corrected chi connectivity index (χ2v) is 7.85. The molecule has 1 rings (SSSR count). The normalized spacial score (nSPS) is 10.6. The summed E-state index contributed by atoms with van der Waals surface area (Å²) in [7, 11) is 1.23. The summed E-state index contributed by atoms with van der Waals surface area (Å²) < 4.78 is 0. The van der Waals surface area contributed by atoms with E-state index < -0.39 is 8.80 Å². The standard InChI is InChI=1S/C13H22N2OSi/c1-14-9-8-11-4-6-12(7-5-11)13(16)15-10-17(2)3/h4-7,14,17H,8-10H2,1-3H3,(H,15,16). The van der Waals surface area contributed by atoms with E-state index in [0.29, 0.717) is 0 Å². The Morgan fingerprint density at radius 2 is 1.88 bits per heavy atom. The van der Waals surface area contributed by atoms with Crippen LogP contribution in [0.25, 0.3) is 0 Å². The highest BCUT2D eigenvalue weighted by atomic mass is 28.3. The Morgan fingerprint density at radius 1 is 1.24 bits per heavy atom. The van der Waals surface area contributed by atoms with Crippen LogP contribution in [0.5, 0.6) is 0 Å². The van der Waals surface area contributed by atoms with Gasteiger partial charge in [0, 0.05) is 11.7 Å². The van der Waals surface area contributed by atoms with Crippen molar-refractivity contribution in [3.8, 4) is 0 Å². The lowest BCUT2D eigenvalue weighted by atomic mass is 10.1. The van der Waals surface area contributed by atoms with Crippen LogP contribution in [-0.2, 0) is 6.42 Å². The average molecular weight is 250 g/mol. The molecule has 1 amide bonds. The molecule has 94 valence electrons. The van der Waals surface area contributed by atoms with Crippen molar-refractivity contribution in [1.82, 2.24) is 10.6 Å². The molecule has 0 fully saturated rings. The third kappa shape index (κ3) is 5.15. The Labute approximate surface area is 105 Å². The molecule has 17 heavy (non-hydrogen) atoms. The van der Waals surface area contributed by atoms with E-state index in [1.54, 1.807) is 0 Å². The van der Waals surface area contributed by atoms with Crippen molar-refractivity contribution in [2.24, 2.45) is 0 Å². The maximum absolute atomic E-state index is 11.8. The van der Waals surface area contributed by atoms with Gasteiger partial charge in [0.2, 0.25) is 0 Å². The van der Waals surface area contributed by atoms with Gasteiger partial charge in [-0.25, -0.2) is 0 Å². The molecule has 1 aromatic carbocycles. The van der Waals surface area contributed by atoms with Gasteiger partial charge in [-0.1, -0.05) is 25.2 Å². The lowest BCUT2D eigenvalue weighted by Gasteiger charge is -2.07. The van der Waals surface area contributed by atoms with Crippen LogP contribution in [0.3, 0.4) is 0 Å². The van der Waals surface area contributed by atoms with Crippen LogP contribution >= 0.6 is 0 Å². The predicted octanol–water partition coefficient (Wildman–Crippen LogP) is 1.20. The van der Waals surface area contributed by atoms with Crippen LogP contribution in [-0.4, -0.2) is 34.5 Å². The van der Waals surface area contributed by atoms with E-state index >= 15 is 0 Å². The summed E-state index contributed by atoms with van der Waals surface area (Å²) in [5.41, 5.74) is 2.02. The number of carbonyl (C=O) groups excluding carboxylic acids is 1. The molecule has 0 atom stereocenters. The fourth-order valence-corrected chi connectivity index (χ4v) is 2.08. The Balaban J connectivity index is 2.51. The van der Waals surface area contributed by atoms with Gasteiger partial charge in [-0.3, -0.25) is 4.79 Å². The summed E-state index contributed by atoms with van der Waals surface area (Å²) in [5, 5.41) is 6.08.